The predicted octanol–water partition coefficient (Wildman–Crippen LogP) is 2.94. The topological polar surface area (TPSA) is 45.7 Å². The molecule has 0 aliphatic heterocycles. The minimum atomic E-state index is 0.0717. The van der Waals surface area contributed by atoms with Crippen molar-refractivity contribution in [2.24, 2.45) is 0 Å². The number of hydrogen-bond donors (Lipinski definition) is 0. The number of carbonyl (C=O) groups excluding carboxylic acids is 1. The third-order valence-electron chi connectivity index (χ3n) is 3.57. The second kappa shape index (κ2) is 8.80. The maximum absolute atomic E-state index is 11.8. The summed E-state index contributed by atoms with van der Waals surface area (Å²) in [6, 6.07) is 7.97. The standard InChI is InChI=1S/C18H25N3O2S/c1-14-6-5-7-17(10-14)23-12-18-19-16(13-24-18)11-21(15(2)22)9-8-20(3)4/h5-7,10,13H,8-9,11-12H2,1-4H3. The number of thiazole rings is 1. The molecule has 1 aromatic carbocycles. The Balaban J connectivity index is 1.90. The van der Waals surface area contributed by atoms with E-state index >= 15 is 0 Å². The van der Waals surface area contributed by atoms with Gasteiger partial charge in [-0.3, -0.25) is 4.79 Å². The third kappa shape index (κ3) is 5.94. The van der Waals surface area contributed by atoms with E-state index in [1.807, 2.05) is 55.6 Å². The lowest BCUT2D eigenvalue weighted by Crippen LogP contribution is -2.34. The summed E-state index contributed by atoms with van der Waals surface area (Å²) in [5.41, 5.74) is 2.09. The molecule has 1 heterocycles. The summed E-state index contributed by atoms with van der Waals surface area (Å²) in [7, 11) is 4.00. The summed E-state index contributed by atoms with van der Waals surface area (Å²) in [6.07, 6.45) is 0. The van der Waals surface area contributed by atoms with Gasteiger partial charge in [0, 0.05) is 25.4 Å². The number of aryl methyl sites for hydroxylation is 1. The van der Waals surface area contributed by atoms with Crippen molar-refractivity contribution in [3.8, 4) is 5.75 Å². The van der Waals surface area contributed by atoms with Crippen LogP contribution in [0.1, 0.15) is 23.2 Å². The minimum absolute atomic E-state index is 0.0717. The van der Waals surface area contributed by atoms with Crippen molar-refractivity contribution < 1.29 is 9.53 Å². The summed E-state index contributed by atoms with van der Waals surface area (Å²) in [5, 5.41) is 2.92. The molecule has 0 N–H and O–H groups in total. The number of rotatable bonds is 8. The van der Waals surface area contributed by atoms with E-state index in [0.717, 1.165) is 23.0 Å². The number of hydrogen-bond acceptors (Lipinski definition) is 5. The highest BCUT2D eigenvalue weighted by atomic mass is 32.1. The quantitative estimate of drug-likeness (QED) is 0.736. The van der Waals surface area contributed by atoms with Crippen molar-refractivity contribution in [3.05, 3.63) is 45.9 Å². The first kappa shape index (κ1) is 18.4. The Kier molecular flexibility index (Phi) is 6.75. The van der Waals surface area contributed by atoms with Crippen LogP contribution < -0.4 is 4.74 Å². The molecule has 0 radical (unpaired) electrons. The van der Waals surface area contributed by atoms with Crippen LogP contribution >= 0.6 is 11.3 Å². The Hall–Kier alpha value is -1.92. The normalized spacial score (nSPS) is 10.9. The zero-order valence-corrected chi connectivity index (χ0v) is 15.6. The minimum Gasteiger partial charge on any atom is -0.486 e. The number of ether oxygens (including phenoxy) is 1. The van der Waals surface area contributed by atoms with Gasteiger partial charge in [0.25, 0.3) is 0 Å². The third-order valence-corrected chi connectivity index (χ3v) is 4.44. The molecule has 0 atom stereocenters. The van der Waals surface area contributed by atoms with Crippen molar-refractivity contribution in [1.82, 2.24) is 14.8 Å². The molecular weight excluding hydrogens is 322 g/mol. The molecule has 0 fully saturated rings. The van der Waals surface area contributed by atoms with E-state index in [1.165, 1.54) is 5.56 Å². The van der Waals surface area contributed by atoms with E-state index in [2.05, 4.69) is 9.88 Å². The van der Waals surface area contributed by atoms with Crippen LogP contribution in [0, 0.1) is 6.92 Å². The second-order valence-corrected chi connectivity index (χ2v) is 7.02. The van der Waals surface area contributed by atoms with E-state index < -0.39 is 0 Å². The van der Waals surface area contributed by atoms with Gasteiger partial charge >= 0.3 is 0 Å². The summed E-state index contributed by atoms with van der Waals surface area (Å²) >= 11 is 1.57. The van der Waals surface area contributed by atoms with Crippen LogP contribution in [0.2, 0.25) is 0 Å². The van der Waals surface area contributed by atoms with E-state index in [4.69, 9.17) is 4.74 Å². The molecule has 0 aliphatic rings. The summed E-state index contributed by atoms with van der Waals surface area (Å²) in [5.74, 6) is 0.922. The maximum Gasteiger partial charge on any atom is 0.219 e. The lowest BCUT2D eigenvalue weighted by Gasteiger charge is -2.22. The highest BCUT2D eigenvalue weighted by molar-refractivity contribution is 7.09. The molecule has 0 aliphatic carbocycles. The SMILES string of the molecule is CC(=O)N(CCN(C)C)Cc1csc(COc2cccc(C)c2)n1. The zero-order chi connectivity index (χ0) is 17.5. The Morgan fingerprint density at radius 3 is 2.75 bits per heavy atom. The van der Waals surface area contributed by atoms with Gasteiger partial charge in [0.15, 0.2) is 0 Å². The van der Waals surface area contributed by atoms with Crippen molar-refractivity contribution in [3.63, 3.8) is 0 Å². The Labute approximate surface area is 147 Å². The van der Waals surface area contributed by atoms with E-state index in [1.54, 1.807) is 18.3 Å². The van der Waals surface area contributed by atoms with Gasteiger partial charge in [0.1, 0.15) is 17.4 Å². The molecule has 2 aromatic rings. The number of benzene rings is 1. The first-order valence-electron chi connectivity index (χ1n) is 7.97. The van der Waals surface area contributed by atoms with Crippen molar-refractivity contribution in [2.75, 3.05) is 27.2 Å². The fourth-order valence-electron chi connectivity index (χ4n) is 2.20. The van der Waals surface area contributed by atoms with Crippen LogP contribution in [-0.2, 0) is 17.9 Å². The fraction of sp³-hybridized carbons (Fsp3) is 0.444. The average Bonchev–Trinajstić information content (AvgIpc) is 2.96. The molecule has 5 nitrogen and oxygen atoms in total. The first-order valence-corrected chi connectivity index (χ1v) is 8.85. The predicted molar refractivity (Wildman–Crippen MR) is 97.3 cm³/mol. The van der Waals surface area contributed by atoms with Gasteiger partial charge in [-0.2, -0.15) is 0 Å². The monoisotopic (exact) mass is 347 g/mol. The smallest absolute Gasteiger partial charge is 0.219 e. The van der Waals surface area contributed by atoms with Crippen LogP contribution in [0.15, 0.2) is 29.6 Å². The molecule has 6 heteroatoms. The Bertz CT molecular complexity index is 670. The summed E-state index contributed by atoms with van der Waals surface area (Å²) < 4.78 is 5.78. The molecule has 0 saturated carbocycles. The van der Waals surface area contributed by atoms with Crippen LogP contribution in [-0.4, -0.2) is 47.9 Å². The van der Waals surface area contributed by atoms with E-state index in [9.17, 15) is 4.79 Å². The van der Waals surface area contributed by atoms with Crippen molar-refractivity contribution >= 4 is 17.2 Å². The van der Waals surface area contributed by atoms with Gasteiger partial charge in [0.05, 0.1) is 12.2 Å². The van der Waals surface area contributed by atoms with Gasteiger partial charge in [-0.1, -0.05) is 12.1 Å². The first-order chi connectivity index (χ1) is 11.4. The average molecular weight is 347 g/mol. The number of likely N-dealkylation sites (N-methyl/N-ethyl adjacent to an activating group) is 1. The molecule has 2 rings (SSSR count). The van der Waals surface area contributed by atoms with E-state index in [-0.39, 0.29) is 5.91 Å². The molecule has 0 spiro atoms. The highest BCUT2D eigenvalue weighted by Gasteiger charge is 2.12. The maximum atomic E-state index is 11.8. The molecule has 24 heavy (non-hydrogen) atoms. The lowest BCUT2D eigenvalue weighted by atomic mass is 10.2. The lowest BCUT2D eigenvalue weighted by molar-refractivity contribution is -0.129. The molecule has 1 aromatic heterocycles. The Morgan fingerprint density at radius 2 is 2.08 bits per heavy atom. The number of nitrogens with zero attached hydrogens (tertiary/aromatic N) is 3. The van der Waals surface area contributed by atoms with Crippen molar-refractivity contribution in [2.45, 2.75) is 27.0 Å². The second-order valence-electron chi connectivity index (χ2n) is 6.08. The van der Waals surface area contributed by atoms with Gasteiger partial charge in [-0.05, 0) is 38.7 Å². The van der Waals surface area contributed by atoms with E-state index in [0.29, 0.717) is 19.7 Å². The van der Waals surface area contributed by atoms with Gasteiger partial charge in [-0.15, -0.1) is 11.3 Å². The largest absolute Gasteiger partial charge is 0.486 e. The summed E-state index contributed by atoms with van der Waals surface area (Å²) in [4.78, 5) is 20.2. The van der Waals surface area contributed by atoms with Crippen molar-refractivity contribution in [1.29, 1.82) is 0 Å². The van der Waals surface area contributed by atoms with Gasteiger partial charge < -0.3 is 14.5 Å². The number of carbonyl (C=O) groups is 1. The Morgan fingerprint density at radius 1 is 1.29 bits per heavy atom. The number of amides is 1. The van der Waals surface area contributed by atoms with Crippen LogP contribution in [0.5, 0.6) is 5.75 Å². The summed E-state index contributed by atoms with van der Waals surface area (Å²) in [6.45, 7) is 6.18. The van der Waals surface area contributed by atoms with Gasteiger partial charge in [-0.25, -0.2) is 4.98 Å². The van der Waals surface area contributed by atoms with Crippen LogP contribution in [0.3, 0.4) is 0 Å². The molecule has 0 unspecified atom stereocenters. The van der Waals surface area contributed by atoms with Crippen LogP contribution in [0.25, 0.3) is 0 Å². The molecule has 0 bridgehead atoms. The number of aromatic nitrogens is 1. The zero-order valence-electron chi connectivity index (χ0n) is 14.8. The highest BCUT2D eigenvalue weighted by Crippen LogP contribution is 2.17. The molecule has 130 valence electrons. The van der Waals surface area contributed by atoms with Gasteiger partial charge in [0.2, 0.25) is 5.91 Å². The molecular formula is C18H25N3O2S. The molecule has 1 amide bonds. The van der Waals surface area contributed by atoms with Crippen LogP contribution in [0.4, 0.5) is 0 Å². The fourth-order valence-corrected chi connectivity index (χ4v) is 2.90. The molecule has 0 saturated heterocycles.